The summed E-state index contributed by atoms with van der Waals surface area (Å²) in [4.78, 5) is 31.1. The van der Waals surface area contributed by atoms with Crippen LogP contribution >= 0.6 is 11.6 Å². The maximum absolute atomic E-state index is 13.4. The lowest BCUT2D eigenvalue weighted by Gasteiger charge is -2.13. The number of methoxy groups -OCH3 is 1. The summed E-state index contributed by atoms with van der Waals surface area (Å²) >= 11 is 6.15. The van der Waals surface area contributed by atoms with E-state index >= 15 is 0 Å². The van der Waals surface area contributed by atoms with Crippen molar-refractivity contribution in [3.05, 3.63) is 98.9 Å². The smallest absolute Gasteiger partial charge is 0.337 e. The number of imidazole rings is 1. The third-order valence-electron chi connectivity index (χ3n) is 4.77. The predicted octanol–water partition coefficient (Wildman–Crippen LogP) is 3.25. The quantitative estimate of drug-likeness (QED) is 0.447. The molecular formula is C22H19ClN4O3. The molecule has 0 aliphatic heterocycles. The highest BCUT2D eigenvalue weighted by molar-refractivity contribution is 6.30. The molecule has 2 heterocycles. The van der Waals surface area contributed by atoms with Crippen LogP contribution in [0.15, 0.2) is 77.1 Å². The molecule has 8 heteroatoms. The minimum atomic E-state index is -0.499. The SMILES string of the molecule is C=CCn1cnc2c1c(=O)n(Cc1cccc(OC)c1)c(=O)n2-c1cccc(Cl)c1. The molecule has 2 aromatic carbocycles. The Morgan fingerprint density at radius 3 is 2.70 bits per heavy atom. The van der Waals surface area contributed by atoms with Crippen LogP contribution in [0.5, 0.6) is 5.75 Å². The summed E-state index contributed by atoms with van der Waals surface area (Å²) < 4.78 is 9.53. The molecule has 0 aliphatic carbocycles. The third kappa shape index (κ3) is 3.44. The van der Waals surface area contributed by atoms with E-state index in [1.165, 1.54) is 15.5 Å². The van der Waals surface area contributed by atoms with Crippen molar-refractivity contribution in [1.29, 1.82) is 0 Å². The van der Waals surface area contributed by atoms with E-state index in [1.54, 1.807) is 54.2 Å². The summed E-state index contributed by atoms with van der Waals surface area (Å²) in [5.41, 5.74) is 0.964. The van der Waals surface area contributed by atoms with Gasteiger partial charge >= 0.3 is 5.69 Å². The molecule has 0 amide bonds. The Kier molecular flexibility index (Phi) is 5.29. The highest BCUT2D eigenvalue weighted by Crippen LogP contribution is 2.18. The summed E-state index contributed by atoms with van der Waals surface area (Å²) in [6.45, 7) is 4.21. The first-order chi connectivity index (χ1) is 14.5. The van der Waals surface area contributed by atoms with Gasteiger partial charge in [0.25, 0.3) is 5.56 Å². The van der Waals surface area contributed by atoms with Gasteiger partial charge in [-0.3, -0.25) is 9.36 Å². The largest absolute Gasteiger partial charge is 0.497 e. The van der Waals surface area contributed by atoms with Crippen LogP contribution in [0, 0.1) is 0 Å². The number of aromatic nitrogens is 4. The Morgan fingerprint density at radius 2 is 1.97 bits per heavy atom. The number of ether oxygens (including phenoxy) is 1. The van der Waals surface area contributed by atoms with E-state index in [9.17, 15) is 9.59 Å². The first-order valence-corrected chi connectivity index (χ1v) is 9.61. The highest BCUT2D eigenvalue weighted by Gasteiger charge is 2.19. The number of benzene rings is 2. The van der Waals surface area contributed by atoms with Gasteiger partial charge in [-0.05, 0) is 35.9 Å². The maximum atomic E-state index is 13.4. The normalized spacial score (nSPS) is 11.0. The van der Waals surface area contributed by atoms with Crippen LogP contribution in [0.25, 0.3) is 16.9 Å². The Morgan fingerprint density at radius 1 is 1.17 bits per heavy atom. The van der Waals surface area contributed by atoms with Crippen molar-refractivity contribution in [3.8, 4) is 11.4 Å². The molecule has 0 saturated heterocycles. The minimum absolute atomic E-state index is 0.0879. The van der Waals surface area contributed by atoms with E-state index in [0.717, 1.165) is 5.56 Å². The number of rotatable bonds is 6. The van der Waals surface area contributed by atoms with Crippen LogP contribution in [0.3, 0.4) is 0 Å². The molecule has 4 rings (SSSR count). The molecule has 4 aromatic rings. The number of hydrogen-bond donors (Lipinski definition) is 0. The lowest BCUT2D eigenvalue weighted by Crippen LogP contribution is -2.40. The van der Waals surface area contributed by atoms with E-state index in [-0.39, 0.29) is 12.2 Å². The molecule has 0 spiro atoms. The summed E-state index contributed by atoms with van der Waals surface area (Å²) in [6.07, 6.45) is 3.20. The van der Waals surface area contributed by atoms with Crippen molar-refractivity contribution in [3.63, 3.8) is 0 Å². The van der Waals surface area contributed by atoms with E-state index in [1.807, 2.05) is 12.1 Å². The Bertz CT molecular complexity index is 1370. The van der Waals surface area contributed by atoms with Gasteiger partial charge in [-0.25, -0.2) is 14.3 Å². The second kappa shape index (κ2) is 8.04. The Hall–Kier alpha value is -3.58. The minimum Gasteiger partial charge on any atom is -0.497 e. The average molecular weight is 423 g/mol. The monoisotopic (exact) mass is 422 g/mol. The van der Waals surface area contributed by atoms with Gasteiger partial charge in [0, 0.05) is 11.6 Å². The second-order valence-corrected chi connectivity index (χ2v) is 7.13. The summed E-state index contributed by atoms with van der Waals surface area (Å²) in [5, 5.41) is 0.476. The molecule has 152 valence electrons. The maximum Gasteiger partial charge on any atom is 0.337 e. The zero-order chi connectivity index (χ0) is 21.3. The van der Waals surface area contributed by atoms with Crippen molar-refractivity contribution in [1.82, 2.24) is 18.7 Å². The van der Waals surface area contributed by atoms with Crippen molar-refractivity contribution in [2.24, 2.45) is 0 Å². The van der Waals surface area contributed by atoms with Crippen molar-refractivity contribution >= 4 is 22.8 Å². The number of halogens is 1. The topological polar surface area (TPSA) is 71.1 Å². The molecule has 7 nitrogen and oxygen atoms in total. The van der Waals surface area contributed by atoms with Crippen LogP contribution in [0.2, 0.25) is 5.02 Å². The van der Waals surface area contributed by atoms with Crippen LogP contribution in [-0.4, -0.2) is 25.8 Å². The van der Waals surface area contributed by atoms with Crippen LogP contribution < -0.4 is 16.0 Å². The lowest BCUT2D eigenvalue weighted by molar-refractivity contribution is 0.414. The lowest BCUT2D eigenvalue weighted by atomic mass is 10.2. The molecule has 0 aliphatic rings. The molecule has 0 fully saturated rings. The van der Waals surface area contributed by atoms with Crippen molar-refractivity contribution in [2.45, 2.75) is 13.1 Å². The van der Waals surface area contributed by atoms with E-state index in [2.05, 4.69) is 11.6 Å². The van der Waals surface area contributed by atoms with Gasteiger partial charge in [-0.1, -0.05) is 35.9 Å². The number of fused-ring (bicyclic) bond motifs is 1. The number of nitrogens with zero attached hydrogens (tertiary/aromatic N) is 4. The molecule has 0 radical (unpaired) electrons. The fraction of sp³-hybridized carbons (Fsp3) is 0.136. The van der Waals surface area contributed by atoms with E-state index in [0.29, 0.717) is 28.5 Å². The zero-order valence-electron chi connectivity index (χ0n) is 16.3. The molecular weight excluding hydrogens is 404 g/mol. The number of allylic oxidation sites excluding steroid dienone is 1. The van der Waals surface area contributed by atoms with Gasteiger partial charge in [0.15, 0.2) is 11.2 Å². The summed E-state index contributed by atoms with van der Waals surface area (Å²) in [7, 11) is 1.57. The van der Waals surface area contributed by atoms with Gasteiger partial charge < -0.3 is 9.30 Å². The first kappa shape index (κ1) is 19.7. The van der Waals surface area contributed by atoms with E-state index in [4.69, 9.17) is 16.3 Å². The molecule has 0 atom stereocenters. The standard InChI is InChI=1S/C22H19ClN4O3/c1-3-10-25-14-24-20-19(25)21(28)26(13-15-6-4-9-18(11-15)30-2)22(29)27(20)17-8-5-7-16(23)12-17/h3-9,11-12,14H,1,10,13H2,2H3. The van der Waals surface area contributed by atoms with Gasteiger partial charge in [0.05, 0.1) is 25.7 Å². The van der Waals surface area contributed by atoms with E-state index < -0.39 is 11.2 Å². The third-order valence-corrected chi connectivity index (χ3v) is 5.00. The molecule has 0 N–H and O–H groups in total. The average Bonchev–Trinajstić information content (AvgIpc) is 3.15. The summed E-state index contributed by atoms with van der Waals surface area (Å²) in [5.74, 6) is 0.647. The molecule has 30 heavy (non-hydrogen) atoms. The fourth-order valence-corrected chi connectivity index (χ4v) is 3.58. The van der Waals surface area contributed by atoms with Gasteiger partial charge in [0.1, 0.15) is 5.75 Å². The zero-order valence-corrected chi connectivity index (χ0v) is 17.0. The van der Waals surface area contributed by atoms with Gasteiger partial charge in [-0.15, -0.1) is 6.58 Å². The Balaban J connectivity index is 2.02. The van der Waals surface area contributed by atoms with Crippen LogP contribution in [-0.2, 0) is 13.1 Å². The first-order valence-electron chi connectivity index (χ1n) is 9.24. The molecule has 0 unspecified atom stereocenters. The van der Waals surface area contributed by atoms with Gasteiger partial charge in [0.2, 0.25) is 0 Å². The fourth-order valence-electron chi connectivity index (χ4n) is 3.40. The Labute approximate surface area is 177 Å². The highest BCUT2D eigenvalue weighted by atomic mass is 35.5. The van der Waals surface area contributed by atoms with Crippen LogP contribution in [0.1, 0.15) is 5.56 Å². The van der Waals surface area contributed by atoms with Crippen molar-refractivity contribution < 1.29 is 4.74 Å². The van der Waals surface area contributed by atoms with Crippen LogP contribution in [0.4, 0.5) is 0 Å². The molecule has 2 aromatic heterocycles. The second-order valence-electron chi connectivity index (χ2n) is 6.70. The number of hydrogen-bond acceptors (Lipinski definition) is 4. The summed E-state index contributed by atoms with van der Waals surface area (Å²) in [6, 6.07) is 14.1. The predicted molar refractivity (Wildman–Crippen MR) is 117 cm³/mol. The molecule has 0 saturated carbocycles. The molecule has 0 bridgehead atoms. The van der Waals surface area contributed by atoms with Crippen molar-refractivity contribution in [2.75, 3.05) is 7.11 Å². The van der Waals surface area contributed by atoms with Gasteiger partial charge in [-0.2, -0.15) is 0 Å².